The molecular weight excluding hydrogens is 238 g/mol. The third-order valence-corrected chi connectivity index (χ3v) is 3.75. The number of piperidine rings is 1. The molecule has 0 bridgehead atoms. The number of amides is 1. The molecule has 104 valence electrons. The number of hydrogen-bond acceptors (Lipinski definition) is 3. The van der Waals surface area contributed by atoms with Crippen LogP contribution in [0.3, 0.4) is 0 Å². The number of anilines is 1. The van der Waals surface area contributed by atoms with E-state index in [1.165, 1.54) is 0 Å². The summed E-state index contributed by atoms with van der Waals surface area (Å²) in [6.45, 7) is 4.06. The van der Waals surface area contributed by atoms with Crippen molar-refractivity contribution in [1.82, 2.24) is 10.6 Å². The molecule has 4 nitrogen and oxygen atoms in total. The molecule has 1 aromatic carbocycles. The standard InChI is InChI=1S/C15H23N3O/c1-15(7-9-16-10-8-15)17-14(19)12-5-4-6-13(11-12)18(2)3/h4-6,11,16H,7-10H2,1-3H3,(H,17,19). The van der Waals surface area contributed by atoms with Crippen molar-refractivity contribution in [3.63, 3.8) is 0 Å². The van der Waals surface area contributed by atoms with Crippen molar-refractivity contribution < 1.29 is 4.79 Å². The van der Waals surface area contributed by atoms with E-state index in [1.54, 1.807) is 0 Å². The van der Waals surface area contributed by atoms with Crippen LogP contribution in [0.25, 0.3) is 0 Å². The van der Waals surface area contributed by atoms with Gasteiger partial charge in [0.05, 0.1) is 0 Å². The van der Waals surface area contributed by atoms with Crippen molar-refractivity contribution in [1.29, 1.82) is 0 Å². The largest absolute Gasteiger partial charge is 0.378 e. The second-order valence-corrected chi connectivity index (χ2v) is 5.71. The number of rotatable bonds is 3. The van der Waals surface area contributed by atoms with Gasteiger partial charge in [0, 0.05) is 30.9 Å². The molecule has 2 N–H and O–H groups in total. The van der Waals surface area contributed by atoms with Gasteiger partial charge in [-0.05, 0) is 51.1 Å². The van der Waals surface area contributed by atoms with Crippen molar-refractivity contribution in [3.05, 3.63) is 29.8 Å². The normalized spacial score (nSPS) is 17.8. The van der Waals surface area contributed by atoms with E-state index in [0.717, 1.165) is 37.2 Å². The van der Waals surface area contributed by atoms with Crippen LogP contribution in [0, 0.1) is 0 Å². The highest BCUT2D eigenvalue weighted by molar-refractivity contribution is 5.95. The Morgan fingerprint density at radius 1 is 1.32 bits per heavy atom. The summed E-state index contributed by atoms with van der Waals surface area (Å²) >= 11 is 0. The average molecular weight is 261 g/mol. The lowest BCUT2D eigenvalue weighted by atomic mass is 9.90. The molecule has 0 aliphatic carbocycles. The topological polar surface area (TPSA) is 44.4 Å². The fourth-order valence-electron chi connectivity index (χ4n) is 2.38. The molecule has 4 heteroatoms. The van der Waals surface area contributed by atoms with Crippen molar-refractivity contribution in [2.24, 2.45) is 0 Å². The SMILES string of the molecule is CN(C)c1cccc(C(=O)NC2(C)CCNCC2)c1. The van der Waals surface area contributed by atoms with Gasteiger partial charge in [0.1, 0.15) is 0 Å². The Hall–Kier alpha value is -1.55. The highest BCUT2D eigenvalue weighted by Gasteiger charge is 2.28. The first-order valence-corrected chi connectivity index (χ1v) is 6.81. The summed E-state index contributed by atoms with van der Waals surface area (Å²) < 4.78 is 0. The molecule has 2 rings (SSSR count). The van der Waals surface area contributed by atoms with Crippen LogP contribution in [0.2, 0.25) is 0 Å². The van der Waals surface area contributed by atoms with Gasteiger partial charge in [0.25, 0.3) is 5.91 Å². The molecule has 1 amide bonds. The van der Waals surface area contributed by atoms with Gasteiger partial charge in [-0.15, -0.1) is 0 Å². The quantitative estimate of drug-likeness (QED) is 0.869. The Morgan fingerprint density at radius 2 is 2.00 bits per heavy atom. The van der Waals surface area contributed by atoms with E-state index in [9.17, 15) is 4.79 Å². The fraction of sp³-hybridized carbons (Fsp3) is 0.533. The maximum Gasteiger partial charge on any atom is 0.251 e. The second kappa shape index (κ2) is 5.61. The molecule has 1 aliphatic rings. The highest BCUT2D eigenvalue weighted by Crippen LogP contribution is 2.19. The van der Waals surface area contributed by atoms with E-state index in [2.05, 4.69) is 17.6 Å². The van der Waals surface area contributed by atoms with Gasteiger partial charge in [0.15, 0.2) is 0 Å². The summed E-state index contributed by atoms with van der Waals surface area (Å²) in [7, 11) is 3.95. The molecule has 1 aromatic rings. The first-order valence-electron chi connectivity index (χ1n) is 6.81. The molecular formula is C15H23N3O. The minimum Gasteiger partial charge on any atom is -0.378 e. The zero-order valence-electron chi connectivity index (χ0n) is 12.0. The molecule has 1 heterocycles. The highest BCUT2D eigenvalue weighted by atomic mass is 16.1. The molecule has 1 fully saturated rings. The molecule has 1 aliphatic heterocycles. The van der Waals surface area contributed by atoms with E-state index >= 15 is 0 Å². The third kappa shape index (κ3) is 3.47. The van der Waals surface area contributed by atoms with Crippen LogP contribution in [0.15, 0.2) is 24.3 Å². The Kier molecular flexibility index (Phi) is 4.10. The molecule has 0 atom stereocenters. The van der Waals surface area contributed by atoms with Crippen molar-refractivity contribution in [2.45, 2.75) is 25.3 Å². The summed E-state index contributed by atoms with van der Waals surface area (Å²) in [5.74, 6) is 0.0214. The molecule has 0 radical (unpaired) electrons. The Bertz CT molecular complexity index is 450. The lowest BCUT2D eigenvalue weighted by molar-refractivity contribution is 0.0887. The number of nitrogens with one attached hydrogen (secondary N) is 2. The number of hydrogen-bond donors (Lipinski definition) is 2. The Balaban J connectivity index is 2.09. The predicted molar refractivity (Wildman–Crippen MR) is 78.7 cm³/mol. The van der Waals surface area contributed by atoms with Gasteiger partial charge >= 0.3 is 0 Å². The van der Waals surface area contributed by atoms with Crippen LogP contribution in [0.4, 0.5) is 5.69 Å². The summed E-state index contributed by atoms with van der Waals surface area (Å²) in [5, 5.41) is 6.50. The van der Waals surface area contributed by atoms with E-state index in [-0.39, 0.29) is 11.4 Å². The number of nitrogens with zero attached hydrogens (tertiary/aromatic N) is 1. The van der Waals surface area contributed by atoms with Crippen LogP contribution in [-0.2, 0) is 0 Å². The van der Waals surface area contributed by atoms with Gasteiger partial charge in [-0.2, -0.15) is 0 Å². The van der Waals surface area contributed by atoms with Gasteiger partial charge in [-0.25, -0.2) is 0 Å². The smallest absolute Gasteiger partial charge is 0.251 e. The molecule has 19 heavy (non-hydrogen) atoms. The maximum atomic E-state index is 12.3. The van der Waals surface area contributed by atoms with Gasteiger partial charge in [0.2, 0.25) is 0 Å². The van der Waals surface area contributed by atoms with E-state index < -0.39 is 0 Å². The minimum absolute atomic E-state index is 0.0214. The van der Waals surface area contributed by atoms with Crippen molar-refractivity contribution >= 4 is 11.6 Å². The number of benzene rings is 1. The first kappa shape index (κ1) is 13.9. The first-order chi connectivity index (χ1) is 9.00. The van der Waals surface area contributed by atoms with Gasteiger partial charge < -0.3 is 15.5 Å². The monoisotopic (exact) mass is 261 g/mol. The maximum absolute atomic E-state index is 12.3. The van der Waals surface area contributed by atoms with Gasteiger partial charge in [-0.1, -0.05) is 6.07 Å². The van der Waals surface area contributed by atoms with Crippen LogP contribution in [0.5, 0.6) is 0 Å². The van der Waals surface area contributed by atoms with Crippen molar-refractivity contribution in [3.8, 4) is 0 Å². The molecule has 0 saturated carbocycles. The van der Waals surface area contributed by atoms with E-state index in [0.29, 0.717) is 0 Å². The minimum atomic E-state index is -0.0869. The van der Waals surface area contributed by atoms with Crippen LogP contribution in [-0.4, -0.2) is 38.6 Å². The van der Waals surface area contributed by atoms with Gasteiger partial charge in [-0.3, -0.25) is 4.79 Å². The molecule has 0 spiro atoms. The van der Waals surface area contributed by atoms with Crippen LogP contribution in [0.1, 0.15) is 30.1 Å². The third-order valence-electron chi connectivity index (χ3n) is 3.75. The average Bonchev–Trinajstić information content (AvgIpc) is 2.39. The Labute approximate surface area is 115 Å². The summed E-state index contributed by atoms with van der Waals surface area (Å²) in [6, 6.07) is 7.73. The fourth-order valence-corrected chi connectivity index (χ4v) is 2.38. The van der Waals surface area contributed by atoms with Crippen LogP contribution >= 0.6 is 0 Å². The zero-order valence-corrected chi connectivity index (χ0v) is 12.0. The molecule has 1 saturated heterocycles. The molecule has 0 aromatic heterocycles. The molecule has 0 unspecified atom stereocenters. The summed E-state index contributed by atoms with van der Waals surface area (Å²) in [6.07, 6.45) is 1.96. The predicted octanol–water partition coefficient (Wildman–Crippen LogP) is 1.62. The lowest BCUT2D eigenvalue weighted by Crippen LogP contribution is -2.52. The van der Waals surface area contributed by atoms with Crippen molar-refractivity contribution in [2.75, 3.05) is 32.1 Å². The summed E-state index contributed by atoms with van der Waals surface area (Å²) in [4.78, 5) is 14.3. The Morgan fingerprint density at radius 3 is 2.63 bits per heavy atom. The lowest BCUT2D eigenvalue weighted by Gasteiger charge is -2.35. The number of carbonyl (C=O) groups is 1. The second-order valence-electron chi connectivity index (χ2n) is 5.71. The zero-order chi connectivity index (χ0) is 13.9. The number of carbonyl (C=O) groups excluding carboxylic acids is 1. The van der Waals surface area contributed by atoms with E-state index in [1.807, 2.05) is 43.3 Å². The summed E-state index contributed by atoms with van der Waals surface area (Å²) in [5.41, 5.74) is 1.69. The van der Waals surface area contributed by atoms with Crippen LogP contribution < -0.4 is 15.5 Å². The van der Waals surface area contributed by atoms with E-state index in [4.69, 9.17) is 0 Å².